The molecule has 3 rings (SSSR count). The molecule has 0 amide bonds. The summed E-state index contributed by atoms with van der Waals surface area (Å²) in [5.74, 6) is 0.425. The van der Waals surface area contributed by atoms with E-state index in [1.54, 1.807) is 0 Å². The second kappa shape index (κ2) is 5.59. The van der Waals surface area contributed by atoms with Gasteiger partial charge in [0.05, 0.1) is 0 Å². The van der Waals surface area contributed by atoms with Crippen LogP contribution in [0.2, 0.25) is 0 Å². The van der Waals surface area contributed by atoms with E-state index in [0.717, 1.165) is 50.1 Å². The van der Waals surface area contributed by atoms with Crippen molar-refractivity contribution in [1.82, 2.24) is 10.2 Å². The van der Waals surface area contributed by atoms with Crippen LogP contribution in [0.4, 0.5) is 0 Å². The Hall–Kier alpha value is -1.58. The van der Waals surface area contributed by atoms with Gasteiger partial charge in [0.1, 0.15) is 5.75 Å². The normalized spacial score (nSPS) is 16.8. The van der Waals surface area contributed by atoms with Crippen LogP contribution in [-0.4, -0.2) is 42.7 Å². The Morgan fingerprint density at radius 2 is 1.74 bits per heavy atom. The molecule has 0 aliphatic carbocycles. The Bertz CT molecular complexity index is 562. The van der Waals surface area contributed by atoms with Gasteiger partial charge in [0.25, 0.3) is 0 Å². The number of benzene rings is 2. The van der Waals surface area contributed by atoms with Crippen molar-refractivity contribution in [2.45, 2.75) is 6.42 Å². The zero-order valence-corrected chi connectivity index (χ0v) is 11.1. The van der Waals surface area contributed by atoms with Gasteiger partial charge in [-0.25, -0.2) is 0 Å². The lowest BCUT2D eigenvalue weighted by atomic mass is 10.0. The Labute approximate surface area is 113 Å². The first kappa shape index (κ1) is 12.5. The van der Waals surface area contributed by atoms with Crippen LogP contribution in [0, 0.1) is 0 Å². The van der Waals surface area contributed by atoms with Crippen LogP contribution in [0.1, 0.15) is 5.56 Å². The van der Waals surface area contributed by atoms with Gasteiger partial charge in [-0.3, -0.25) is 0 Å². The van der Waals surface area contributed by atoms with E-state index in [-0.39, 0.29) is 0 Å². The number of hydrogen-bond donors (Lipinski definition) is 2. The largest absolute Gasteiger partial charge is 0.508 e. The predicted octanol–water partition coefficient (Wildman–Crippen LogP) is 1.99. The molecule has 3 heteroatoms. The predicted molar refractivity (Wildman–Crippen MR) is 78.6 cm³/mol. The molecule has 100 valence electrons. The Kier molecular flexibility index (Phi) is 3.67. The van der Waals surface area contributed by atoms with Gasteiger partial charge in [-0.2, -0.15) is 0 Å². The van der Waals surface area contributed by atoms with Crippen LogP contribution in [-0.2, 0) is 6.42 Å². The number of hydrogen-bond acceptors (Lipinski definition) is 3. The molecule has 1 heterocycles. The third kappa shape index (κ3) is 2.88. The van der Waals surface area contributed by atoms with E-state index in [1.807, 2.05) is 24.3 Å². The highest BCUT2D eigenvalue weighted by Gasteiger charge is 2.10. The van der Waals surface area contributed by atoms with Crippen LogP contribution < -0.4 is 5.32 Å². The number of phenolic OH excluding ortho intramolecular Hbond substituents is 1. The average molecular weight is 256 g/mol. The second-order valence-corrected chi connectivity index (χ2v) is 5.17. The molecule has 0 bridgehead atoms. The number of aromatic hydroxyl groups is 1. The SMILES string of the molecule is Oc1cc2ccccc2cc1CCN1CCNCC1. The van der Waals surface area contributed by atoms with E-state index < -0.39 is 0 Å². The molecule has 0 spiro atoms. The minimum atomic E-state index is 0.425. The van der Waals surface area contributed by atoms with Gasteiger partial charge < -0.3 is 15.3 Å². The molecular formula is C16H20N2O. The summed E-state index contributed by atoms with van der Waals surface area (Å²) in [5, 5.41) is 15.8. The van der Waals surface area contributed by atoms with Crippen molar-refractivity contribution in [3.8, 4) is 5.75 Å². The number of rotatable bonds is 3. The molecule has 0 saturated carbocycles. The van der Waals surface area contributed by atoms with E-state index in [1.165, 1.54) is 5.39 Å². The fourth-order valence-electron chi connectivity index (χ4n) is 2.69. The van der Waals surface area contributed by atoms with Crippen molar-refractivity contribution in [2.75, 3.05) is 32.7 Å². The standard InChI is InChI=1S/C16H20N2O/c19-16-12-14-4-2-1-3-13(14)11-15(16)5-8-18-9-6-17-7-10-18/h1-4,11-12,17,19H,5-10H2. The van der Waals surface area contributed by atoms with Gasteiger partial charge in [0.15, 0.2) is 0 Å². The highest BCUT2D eigenvalue weighted by molar-refractivity contribution is 5.84. The Morgan fingerprint density at radius 1 is 1.05 bits per heavy atom. The molecule has 1 saturated heterocycles. The molecule has 0 unspecified atom stereocenters. The maximum atomic E-state index is 10.1. The fraction of sp³-hybridized carbons (Fsp3) is 0.375. The zero-order chi connectivity index (χ0) is 13.1. The van der Waals surface area contributed by atoms with Crippen LogP contribution in [0.5, 0.6) is 5.75 Å². The minimum absolute atomic E-state index is 0.425. The van der Waals surface area contributed by atoms with Gasteiger partial charge in [0, 0.05) is 32.7 Å². The summed E-state index contributed by atoms with van der Waals surface area (Å²) < 4.78 is 0. The summed E-state index contributed by atoms with van der Waals surface area (Å²) >= 11 is 0. The van der Waals surface area contributed by atoms with E-state index in [9.17, 15) is 5.11 Å². The van der Waals surface area contributed by atoms with Crippen LogP contribution in [0.15, 0.2) is 36.4 Å². The third-order valence-corrected chi connectivity index (χ3v) is 3.85. The van der Waals surface area contributed by atoms with Gasteiger partial charge in [-0.05, 0) is 34.9 Å². The molecule has 1 aliphatic rings. The highest BCUT2D eigenvalue weighted by Crippen LogP contribution is 2.25. The molecule has 3 nitrogen and oxygen atoms in total. The van der Waals surface area contributed by atoms with Crippen LogP contribution >= 0.6 is 0 Å². The molecule has 2 N–H and O–H groups in total. The van der Waals surface area contributed by atoms with Crippen LogP contribution in [0.3, 0.4) is 0 Å². The van der Waals surface area contributed by atoms with Gasteiger partial charge >= 0.3 is 0 Å². The maximum Gasteiger partial charge on any atom is 0.119 e. The summed E-state index contributed by atoms with van der Waals surface area (Å²) in [7, 11) is 0. The Balaban J connectivity index is 1.74. The quantitative estimate of drug-likeness (QED) is 0.881. The first-order valence-corrected chi connectivity index (χ1v) is 6.97. The number of nitrogens with zero attached hydrogens (tertiary/aromatic N) is 1. The Morgan fingerprint density at radius 3 is 2.47 bits per heavy atom. The van der Waals surface area contributed by atoms with E-state index >= 15 is 0 Å². The smallest absolute Gasteiger partial charge is 0.119 e. The third-order valence-electron chi connectivity index (χ3n) is 3.85. The molecule has 0 aromatic heterocycles. The van der Waals surface area contributed by atoms with Crippen molar-refractivity contribution in [2.24, 2.45) is 0 Å². The lowest BCUT2D eigenvalue weighted by molar-refractivity contribution is 0.243. The molecule has 2 aromatic rings. The van der Waals surface area contributed by atoms with Gasteiger partial charge in [0.2, 0.25) is 0 Å². The number of nitrogens with one attached hydrogen (secondary N) is 1. The van der Waals surface area contributed by atoms with Crippen molar-refractivity contribution in [1.29, 1.82) is 0 Å². The molecule has 0 radical (unpaired) electrons. The first-order chi connectivity index (χ1) is 9.33. The molecule has 2 aromatic carbocycles. The monoisotopic (exact) mass is 256 g/mol. The maximum absolute atomic E-state index is 10.1. The topological polar surface area (TPSA) is 35.5 Å². The second-order valence-electron chi connectivity index (χ2n) is 5.17. The van der Waals surface area contributed by atoms with Crippen molar-refractivity contribution in [3.05, 3.63) is 42.0 Å². The van der Waals surface area contributed by atoms with Crippen LogP contribution in [0.25, 0.3) is 10.8 Å². The zero-order valence-electron chi connectivity index (χ0n) is 11.1. The fourth-order valence-corrected chi connectivity index (χ4v) is 2.69. The molecular weight excluding hydrogens is 236 g/mol. The van der Waals surface area contributed by atoms with Crippen molar-refractivity contribution < 1.29 is 5.11 Å². The first-order valence-electron chi connectivity index (χ1n) is 6.97. The van der Waals surface area contributed by atoms with Gasteiger partial charge in [-0.15, -0.1) is 0 Å². The van der Waals surface area contributed by atoms with E-state index in [4.69, 9.17) is 0 Å². The summed E-state index contributed by atoms with van der Waals surface area (Å²) in [4.78, 5) is 2.45. The lowest BCUT2D eigenvalue weighted by Crippen LogP contribution is -2.44. The van der Waals surface area contributed by atoms with E-state index in [0.29, 0.717) is 5.75 Å². The van der Waals surface area contributed by atoms with E-state index in [2.05, 4.69) is 22.3 Å². The molecule has 1 aliphatic heterocycles. The lowest BCUT2D eigenvalue weighted by Gasteiger charge is -2.27. The number of piperazine rings is 1. The molecule has 19 heavy (non-hydrogen) atoms. The minimum Gasteiger partial charge on any atom is -0.508 e. The average Bonchev–Trinajstić information content (AvgIpc) is 2.46. The summed E-state index contributed by atoms with van der Waals surface area (Å²) in [6.07, 6.45) is 0.913. The van der Waals surface area contributed by atoms with Gasteiger partial charge in [-0.1, -0.05) is 24.3 Å². The highest BCUT2D eigenvalue weighted by atomic mass is 16.3. The van der Waals surface area contributed by atoms with Crippen molar-refractivity contribution in [3.63, 3.8) is 0 Å². The number of fused-ring (bicyclic) bond motifs is 1. The number of phenols is 1. The summed E-state index contributed by atoms with van der Waals surface area (Å²) in [6.45, 7) is 5.38. The molecule has 1 fully saturated rings. The van der Waals surface area contributed by atoms with Crippen molar-refractivity contribution >= 4 is 10.8 Å². The summed E-state index contributed by atoms with van der Waals surface area (Å²) in [6, 6.07) is 12.2. The summed E-state index contributed by atoms with van der Waals surface area (Å²) in [5.41, 5.74) is 1.05. The molecule has 0 atom stereocenters.